The predicted molar refractivity (Wildman–Crippen MR) is 84.6 cm³/mol. The molecule has 1 amide bonds. The van der Waals surface area contributed by atoms with Crippen molar-refractivity contribution in [2.75, 3.05) is 10.0 Å². The number of phenols is 1. The third kappa shape index (κ3) is 3.57. The van der Waals surface area contributed by atoms with Crippen molar-refractivity contribution in [3.8, 4) is 5.75 Å². The number of benzene rings is 2. The van der Waals surface area contributed by atoms with Gasteiger partial charge in [0.05, 0.1) is 10.7 Å². The summed E-state index contributed by atoms with van der Waals surface area (Å²) in [6, 6.07) is 5.22. The van der Waals surface area contributed by atoms with Crippen LogP contribution in [0, 0.1) is 11.6 Å². The number of carbonyl (C=O) groups excluding carboxylic acids is 1. The molecule has 10 heteroatoms. The second-order valence-corrected chi connectivity index (χ2v) is 6.72. The van der Waals surface area contributed by atoms with E-state index in [9.17, 15) is 27.1 Å². The maximum atomic E-state index is 14.2. The minimum atomic E-state index is -4.41. The first-order chi connectivity index (χ1) is 11.1. The average Bonchev–Trinajstić information content (AvgIpc) is 2.49. The second kappa shape index (κ2) is 6.62. The van der Waals surface area contributed by atoms with Crippen LogP contribution in [0.25, 0.3) is 0 Å². The third-order valence-corrected chi connectivity index (χ3v) is 4.58. The Bertz CT molecular complexity index is 919. The van der Waals surface area contributed by atoms with Gasteiger partial charge in [0.15, 0.2) is 11.6 Å². The molecule has 0 saturated heterocycles. The number of para-hydroxylation sites is 1. The van der Waals surface area contributed by atoms with Gasteiger partial charge >= 0.3 is 0 Å². The number of hydrogen-bond acceptors (Lipinski definition) is 4. The molecule has 0 saturated carbocycles. The summed E-state index contributed by atoms with van der Waals surface area (Å²) >= 11 is 5.64. The van der Waals surface area contributed by atoms with E-state index in [-0.39, 0.29) is 5.02 Å². The van der Waals surface area contributed by atoms with Crippen LogP contribution >= 0.6 is 11.6 Å². The Hall–Kier alpha value is -2.39. The highest BCUT2D eigenvalue weighted by molar-refractivity contribution is 7.92. The molecule has 0 spiro atoms. The van der Waals surface area contributed by atoms with Crippen LogP contribution in [0.5, 0.6) is 5.75 Å². The van der Waals surface area contributed by atoms with Crippen molar-refractivity contribution in [2.45, 2.75) is 11.8 Å². The van der Waals surface area contributed by atoms with Gasteiger partial charge in [-0.05, 0) is 24.3 Å². The molecule has 0 aliphatic heterocycles. The topological polar surface area (TPSA) is 95.5 Å². The standard InChI is InChI=1S/C14H11ClF2N2O4S/c1-7(20)18-13-9(16)5-6-10(12(13)17)19-24(22,23)11-4-2-3-8(15)14(11)21/h2-6,19,21H,1H3,(H,18,20). The van der Waals surface area contributed by atoms with Crippen LogP contribution in [0.2, 0.25) is 5.02 Å². The van der Waals surface area contributed by atoms with Gasteiger partial charge in [-0.25, -0.2) is 17.2 Å². The number of phenolic OH excluding ortho intramolecular Hbond substituents is 1. The monoisotopic (exact) mass is 376 g/mol. The van der Waals surface area contributed by atoms with E-state index in [0.29, 0.717) is 0 Å². The largest absolute Gasteiger partial charge is 0.505 e. The average molecular weight is 377 g/mol. The molecule has 24 heavy (non-hydrogen) atoms. The van der Waals surface area contributed by atoms with Crippen LogP contribution in [0.3, 0.4) is 0 Å². The van der Waals surface area contributed by atoms with E-state index in [1.807, 2.05) is 10.0 Å². The molecule has 2 aromatic carbocycles. The van der Waals surface area contributed by atoms with Crippen molar-refractivity contribution in [1.82, 2.24) is 0 Å². The van der Waals surface area contributed by atoms with Gasteiger partial charge in [0.25, 0.3) is 10.0 Å². The molecular formula is C14H11ClF2N2O4S. The summed E-state index contributed by atoms with van der Waals surface area (Å²) in [4.78, 5) is 10.4. The van der Waals surface area contributed by atoms with Crippen LogP contribution < -0.4 is 10.0 Å². The van der Waals surface area contributed by atoms with Crippen LogP contribution in [-0.4, -0.2) is 19.4 Å². The van der Waals surface area contributed by atoms with E-state index in [2.05, 4.69) is 0 Å². The van der Waals surface area contributed by atoms with Crippen molar-refractivity contribution in [3.63, 3.8) is 0 Å². The normalized spacial score (nSPS) is 11.2. The molecule has 0 aliphatic rings. The maximum absolute atomic E-state index is 14.2. The first-order valence-electron chi connectivity index (χ1n) is 6.39. The Balaban J connectivity index is 2.47. The first kappa shape index (κ1) is 18.0. The van der Waals surface area contributed by atoms with Gasteiger partial charge < -0.3 is 10.4 Å². The van der Waals surface area contributed by atoms with Crippen molar-refractivity contribution < 1.29 is 27.1 Å². The minimum Gasteiger partial charge on any atom is -0.505 e. The number of sulfonamides is 1. The highest BCUT2D eigenvalue weighted by Gasteiger charge is 2.23. The lowest BCUT2D eigenvalue weighted by molar-refractivity contribution is -0.114. The van der Waals surface area contributed by atoms with Gasteiger partial charge in [-0.1, -0.05) is 17.7 Å². The molecule has 2 rings (SSSR count). The van der Waals surface area contributed by atoms with E-state index in [0.717, 1.165) is 25.1 Å². The van der Waals surface area contributed by atoms with E-state index in [4.69, 9.17) is 11.6 Å². The predicted octanol–water partition coefficient (Wildman–Crippen LogP) is 3.08. The number of aromatic hydroxyl groups is 1. The molecule has 0 aromatic heterocycles. The Morgan fingerprint density at radius 2 is 1.88 bits per heavy atom. The molecule has 6 nitrogen and oxygen atoms in total. The molecule has 0 aliphatic carbocycles. The molecule has 128 valence electrons. The molecule has 3 N–H and O–H groups in total. The maximum Gasteiger partial charge on any atom is 0.265 e. The zero-order valence-electron chi connectivity index (χ0n) is 12.1. The summed E-state index contributed by atoms with van der Waals surface area (Å²) < 4.78 is 54.2. The Labute approximate surface area is 141 Å². The van der Waals surface area contributed by atoms with Gasteiger partial charge in [0.2, 0.25) is 5.91 Å². The molecule has 0 radical (unpaired) electrons. The number of halogens is 3. The summed E-state index contributed by atoms with van der Waals surface area (Å²) in [7, 11) is -4.41. The van der Waals surface area contributed by atoms with Gasteiger partial charge in [0, 0.05) is 6.92 Å². The molecular weight excluding hydrogens is 366 g/mol. The zero-order valence-corrected chi connectivity index (χ0v) is 13.7. The van der Waals surface area contributed by atoms with Gasteiger partial charge in [0.1, 0.15) is 16.4 Å². The quantitative estimate of drug-likeness (QED) is 0.764. The van der Waals surface area contributed by atoms with Crippen LogP contribution in [0.1, 0.15) is 6.92 Å². The lowest BCUT2D eigenvalue weighted by Gasteiger charge is -2.13. The number of rotatable bonds is 4. The molecule has 0 heterocycles. The van der Waals surface area contributed by atoms with Crippen molar-refractivity contribution >= 4 is 38.9 Å². The van der Waals surface area contributed by atoms with E-state index in [1.54, 1.807) is 0 Å². The van der Waals surface area contributed by atoms with Crippen LogP contribution in [-0.2, 0) is 14.8 Å². The number of nitrogens with one attached hydrogen (secondary N) is 2. The van der Waals surface area contributed by atoms with Crippen molar-refractivity contribution in [2.24, 2.45) is 0 Å². The van der Waals surface area contributed by atoms with Crippen molar-refractivity contribution in [1.29, 1.82) is 0 Å². The fraction of sp³-hybridized carbons (Fsp3) is 0.0714. The number of carbonyl (C=O) groups is 1. The molecule has 0 bridgehead atoms. The Kier molecular flexibility index (Phi) is 4.95. The minimum absolute atomic E-state index is 0.212. The fourth-order valence-electron chi connectivity index (χ4n) is 1.83. The number of anilines is 2. The lowest BCUT2D eigenvalue weighted by atomic mass is 10.2. The summed E-state index contributed by atoms with van der Waals surface area (Å²) in [5.41, 5.74) is -1.41. The van der Waals surface area contributed by atoms with Crippen molar-refractivity contribution in [3.05, 3.63) is 47.0 Å². The molecule has 0 atom stereocenters. The summed E-state index contributed by atoms with van der Waals surface area (Å²) in [6.07, 6.45) is 0. The van der Waals surface area contributed by atoms with Crippen LogP contribution in [0.4, 0.5) is 20.2 Å². The number of hydrogen-bond donors (Lipinski definition) is 3. The SMILES string of the molecule is CC(=O)Nc1c(F)ccc(NS(=O)(=O)c2cccc(Cl)c2O)c1F. The molecule has 0 fully saturated rings. The van der Waals surface area contributed by atoms with Crippen LogP contribution in [0.15, 0.2) is 35.2 Å². The Morgan fingerprint density at radius 3 is 2.50 bits per heavy atom. The fourth-order valence-corrected chi connectivity index (χ4v) is 3.24. The van der Waals surface area contributed by atoms with E-state index < -0.39 is 49.6 Å². The van der Waals surface area contributed by atoms with Gasteiger partial charge in [-0.2, -0.15) is 0 Å². The van der Waals surface area contributed by atoms with Gasteiger partial charge in [-0.15, -0.1) is 0 Å². The Morgan fingerprint density at radius 1 is 1.21 bits per heavy atom. The number of amides is 1. The highest BCUT2D eigenvalue weighted by atomic mass is 35.5. The third-order valence-electron chi connectivity index (χ3n) is 2.88. The van der Waals surface area contributed by atoms with E-state index in [1.165, 1.54) is 12.1 Å². The summed E-state index contributed by atoms with van der Waals surface area (Å²) in [5.74, 6) is -3.83. The summed E-state index contributed by atoms with van der Waals surface area (Å²) in [5, 5.41) is 11.5. The molecule has 0 unspecified atom stereocenters. The van der Waals surface area contributed by atoms with E-state index >= 15 is 0 Å². The zero-order chi connectivity index (χ0) is 18.1. The molecule has 2 aromatic rings. The van der Waals surface area contributed by atoms with Gasteiger partial charge in [-0.3, -0.25) is 9.52 Å². The highest BCUT2D eigenvalue weighted by Crippen LogP contribution is 2.33. The second-order valence-electron chi connectivity index (χ2n) is 4.66. The summed E-state index contributed by atoms with van der Waals surface area (Å²) in [6.45, 7) is 1.04. The lowest BCUT2D eigenvalue weighted by Crippen LogP contribution is -2.16. The smallest absolute Gasteiger partial charge is 0.265 e. The first-order valence-corrected chi connectivity index (χ1v) is 8.25.